The van der Waals surface area contributed by atoms with Crippen LogP contribution in [0.15, 0.2) is 18.2 Å². The number of nitrogens with zero attached hydrogens (tertiary/aromatic N) is 2. The summed E-state index contributed by atoms with van der Waals surface area (Å²) >= 11 is 0. The Kier molecular flexibility index (Phi) is 5.33. The molecule has 2 N–H and O–H groups in total. The van der Waals surface area contributed by atoms with Gasteiger partial charge in [-0.05, 0) is 67.9 Å². The van der Waals surface area contributed by atoms with E-state index < -0.39 is 6.04 Å². The molecule has 2 unspecified atom stereocenters. The van der Waals surface area contributed by atoms with E-state index in [-0.39, 0.29) is 24.1 Å². The van der Waals surface area contributed by atoms with Crippen LogP contribution in [0, 0.1) is 11.8 Å². The van der Waals surface area contributed by atoms with Crippen LogP contribution in [0.5, 0.6) is 0 Å². The number of piperidine rings is 1. The Bertz CT molecular complexity index is 866. The number of imide groups is 1. The maximum absolute atomic E-state index is 13.1. The van der Waals surface area contributed by atoms with Crippen LogP contribution < -0.4 is 10.6 Å². The molecule has 0 aromatic heterocycles. The summed E-state index contributed by atoms with van der Waals surface area (Å²) in [5, 5.41) is 5.79. The molecule has 3 saturated heterocycles. The van der Waals surface area contributed by atoms with Crippen LogP contribution in [0.25, 0.3) is 0 Å². The number of hydrogen-bond donors (Lipinski definition) is 2. The lowest BCUT2D eigenvalue weighted by Crippen LogP contribution is -2.52. The third-order valence-corrected chi connectivity index (χ3v) is 7.34. The number of benzene rings is 1. The molecule has 7 nitrogen and oxygen atoms in total. The summed E-state index contributed by atoms with van der Waals surface area (Å²) in [5.74, 6) is 0.872. The van der Waals surface area contributed by atoms with Crippen LogP contribution in [0.4, 0.5) is 0 Å². The van der Waals surface area contributed by atoms with Crippen molar-refractivity contribution < 1.29 is 14.4 Å². The van der Waals surface area contributed by atoms with Crippen molar-refractivity contribution in [1.82, 2.24) is 20.4 Å². The second-order valence-electron chi connectivity index (χ2n) is 9.25. The second kappa shape index (κ2) is 8.12. The van der Waals surface area contributed by atoms with Gasteiger partial charge in [-0.3, -0.25) is 24.6 Å². The van der Waals surface area contributed by atoms with Gasteiger partial charge in [-0.25, -0.2) is 0 Å². The van der Waals surface area contributed by atoms with Crippen molar-refractivity contribution in [2.45, 2.75) is 51.2 Å². The average Bonchev–Trinajstić information content (AvgIpc) is 2.86. The summed E-state index contributed by atoms with van der Waals surface area (Å²) < 4.78 is 0. The highest BCUT2D eigenvalue weighted by Gasteiger charge is 2.40. The van der Waals surface area contributed by atoms with E-state index in [9.17, 15) is 14.4 Å². The number of rotatable bonds is 4. The number of carbonyl (C=O) groups excluding carboxylic acids is 3. The standard InChI is InChI=1S/C23H30N4O3/c28-21-8-7-20(22(29)25-21)27-14-19-16(5-3-6-18(19)23(27)30)13-26-9-2-1-4-15(12-26)17-10-24-11-17/h3,5-6,15,17,20,24H,1-2,4,7-14H2,(H,25,28,29). The fraction of sp³-hybridized carbons (Fsp3) is 0.609. The molecule has 0 spiro atoms. The molecule has 160 valence electrons. The SMILES string of the molecule is O=C1CCC(N2Cc3c(CN4CCCCC(C5CNC5)C4)cccc3C2=O)C(=O)N1. The fourth-order valence-corrected chi connectivity index (χ4v) is 5.47. The van der Waals surface area contributed by atoms with Crippen molar-refractivity contribution in [3.8, 4) is 0 Å². The third kappa shape index (κ3) is 3.65. The van der Waals surface area contributed by atoms with E-state index >= 15 is 0 Å². The van der Waals surface area contributed by atoms with Crippen LogP contribution in [0.3, 0.4) is 0 Å². The second-order valence-corrected chi connectivity index (χ2v) is 9.25. The third-order valence-electron chi connectivity index (χ3n) is 7.34. The summed E-state index contributed by atoms with van der Waals surface area (Å²) in [5.41, 5.74) is 2.97. The van der Waals surface area contributed by atoms with Gasteiger partial charge in [0.05, 0.1) is 0 Å². The van der Waals surface area contributed by atoms with Crippen LogP contribution in [0.1, 0.15) is 53.6 Å². The first-order valence-corrected chi connectivity index (χ1v) is 11.3. The first-order valence-electron chi connectivity index (χ1n) is 11.3. The molecule has 0 aliphatic carbocycles. The fourth-order valence-electron chi connectivity index (χ4n) is 5.47. The predicted octanol–water partition coefficient (Wildman–Crippen LogP) is 1.27. The van der Waals surface area contributed by atoms with Gasteiger partial charge >= 0.3 is 0 Å². The summed E-state index contributed by atoms with van der Waals surface area (Å²) in [6.07, 6.45) is 4.54. The minimum Gasteiger partial charge on any atom is -0.322 e. The molecule has 4 aliphatic rings. The summed E-state index contributed by atoms with van der Waals surface area (Å²) in [4.78, 5) is 41.1. The molecule has 1 aromatic carbocycles. The molecule has 3 fully saturated rings. The lowest BCUT2D eigenvalue weighted by atomic mass is 9.84. The Labute approximate surface area is 177 Å². The quantitative estimate of drug-likeness (QED) is 0.731. The van der Waals surface area contributed by atoms with Gasteiger partial charge in [0, 0.05) is 31.6 Å². The first kappa shape index (κ1) is 19.7. The highest BCUT2D eigenvalue weighted by atomic mass is 16.2. The Morgan fingerprint density at radius 2 is 1.90 bits per heavy atom. The Hall–Kier alpha value is -2.25. The first-order chi connectivity index (χ1) is 14.6. The Morgan fingerprint density at radius 3 is 2.67 bits per heavy atom. The highest BCUT2D eigenvalue weighted by molar-refractivity contribution is 6.05. The highest BCUT2D eigenvalue weighted by Crippen LogP contribution is 2.32. The van der Waals surface area contributed by atoms with E-state index in [2.05, 4.69) is 21.6 Å². The van der Waals surface area contributed by atoms with Crippen molar-refractivity contribution in [2.75, 3.05) is 26.2 Å². The van der Waals surface area contributed by atoms with Crippen molar-refractivity contribution in [3.63, 3.8) is 0 Å². The number of likely N-dealkylation sites (tertiary alicyclic amines) is 1. The monoisotopic (exact) mass is 410 g/mol. The van der Waals surface area contributed by atoms with Gasteiger partial charge in [0.25, 0.3) is 5.91 Å². The van der Waals surface area contributed by atoms with E-state index in [4.69, 9.17) is 0 Å². The molecule has 2 atom stereocenters. The Morgan fingerprint density at radius 1 is 1.03 bits per heavy atom. The topological polar surface area (TPSA) is 81.8 Å². The van der Waals surface area contributed by atoms with Gasteiger partial charge in [-0.2, -0.15) is 0 Å². The van der Waals surface area contributed by atoms with Crippen LogP contribution in [-0.4, -0.2) is 59.7 Å². The maximum atomic E-state index is 13.1. The molecule has 0 saturated carbocycles. The summed E-state index contributed by atoms with van der Waals surface area (Å²) in [6, 6.07) is 5.41. The number of amides is 3. The maximum Gasteiger partial charge on any atom is 0.255 e. The molecular formula is C23H30N4O3. The van der Waals surface area contributed by atoms with E-state index in [1.807, 2.05) is 12.1 Å². The molecule has 4 aliphatic heterocycles. The van der Waals surface area contributed by atoms with E-state index in [0.717, 1.165) is 50.1 Å². The van der Waals surface area contributed by atoms with Crippen molar-refractivity contribution >= 4 is 17.7 Å². The number of hydrogen-bond acceptors (Lipinski definition) is 5. The van der Waals surface area contributed by atoms with E-state index in [1.165, 1.54) is 24.8 Å². The van der Waals surface area contributed by atoms with Crippen LogP contribution in [0.2, 0.25) is 0 Å². The van der Waals surface area contributed by atoms with Gasteiger partial charge in [0.2, 0.25) is 11.8 Å². The van der Waals surface area contributed by atoms with Crippen molar-refractivity contribution in [1.29, 1.82) is 0 Å². The van der Waals surface area contributed by atoms with Gasteiger partial charge < -0.3 is 10.2 Å². The zero-order valence-electron chi connectivity index (χ0n) is 17.4. The van der Waals surface area contributed by atoms with Crippen molar-refractivity contribution in [2.24, 2.45) is 11.8 Å². The van der Waals surface area contributed by atoms with E-state index in [0.29, 0.717) is 18.5 Å². The lowest BCUT2D eigenvalue weighted by molar-refractivity contribution is -0.136. The zero-order chi connectivity index (χ0) is 20.7. The van der Waals surface area contributed by atoms with E-state index in [1.54, 1.807) is 4.90 Å². The molecule has 4 heterocycles. The average molecular weight is 411 g/mol. The zero-order valence-corrected chi connectivity index (χ0v) is 17.4. The minimum atomic E-state index is -0.552. The largest absolute Gasteiger partial charge is 0.322 e. The van der Waals surface area contributed by atoms with Gasteiger partial charge in [0.1, 0.15) is 6.04 Å². The van der Waals surface area contributed by atoms with Crippen LogP contribution in [-0.2, 0) is 22.7 Å². The summed E-state index contributed by atoms with van der Waals surface area (Å²) in [7, 11) is 0. The smallest absolute Gasteiger partial charge is 0.255 e. The van der Waals surface area contributed by atoms with Crippen LogP contribution >= 0.6 is 0 Å². The minimum absolute atomic E-state index is 0.0874. The molecule has 3 amide bonds. The number of carbonyl (C=O) groups is 3. The normalized spacial score (nSPS) is 28.1. The Balaban J connectivity index is 1.32. The molecule has 5 rings (SSSR count). The molecule has 1 aromatic rings. The van der Waals surface area contributed by atoms with Gasteiger partial charge in [-0.1, -0.05) is 18.6 Å². The summed E-state index contributed by atoms with van der Waals surface area (Å²) in [6.45, 7) is 5.84. The van der Waals surface area contributed by atoms with Gasteiger partial charge in [0.15, 0.2) is 0 Å². The molecule has 7 heteroatoms. The molecule has 30 heavy (non-hydrogen) atoms. The molecular weight excluding hydrogens is 380 g/mol. The van der Waals surface area contributed by atoms with Gasteiger partial charge in [-0.15, -0.1) is 0 Å². The molecule has 0 radical (unpaired) electrons. The number of nitrogens with one attached hydrogen (secondary N) is 2. The lowest BCUT2D eigenvalue weighted by Gasteiger charge is -2.36. The predicted molar refractivity (Wildman–Crippen MR) is 111 cm³/mol. The van der Waals surface area contributed by atoms with Crippen molar-refractivity contribution in [3.05, 3.63) is 34.9 Å². The number of fused-ring (bicyclic) bond motifs is 1. The molecule has 0 bridgehead atoms.